The molecule has 0 aliphatic carbocycles. The molecule has 1 amide bonds. The number of aryl methyl sites for hydroxylation is 1. The average molecular weight is 278 g/mol. The highest BCUT2D eigenvalue weighted by Gasteiger charge is 2.37. The van der Waals surface area contributed by atoms with Crippen LogP contribution in [0.25, 0.3) is 0 Å². The SMILES string of the molecule is CCn1ccc(CN2C[C@@H]3COC[C@H](C2)N(C)C3=O)n1. The summed E-state index contributed by atoms with van der Waals surface area (Å²) in [4.78, 5) is 16.5. The van der Waals surface area contributed by atoms with Gasteiger partial charge in [0.15, 0.2) is 0 Å². The molecule has 2 aliphatic heterocycles. The van der Waals surface area contributed by atoms with Gasteiger partial charge in [-0.2, -0.15) is 5.10 Å². The van der Waals surface area contributed by atoms with Gasteiger partial charge in [0.2, 0.25) is 5.91 Å². The van der Waals surface area contributed by atoms with Crippen molar-refractivity contribution in [2.45, 2.75) is 26.1 Å². The summed E-state index contributed by atoms with van der Waals surface area (Å²) in [7, 11) is 1.89. The van der Waals surface area contributed by atoms with Crippen molar-refractivity contribution in [2.24, 2.45) is 5.92 Å². The van der Waals surface area contributed by atoms with Gasteiger partial charge in [-0.25, -0.2) is 0 Å². The van der Waals surface area contributed by atoms with Crippen molar-refractivity contribution in [1.82, 2.24) is 19.6 Å². The van der Waals surface area contributed by atoms with Crippen LogP contribution < -0.4 is 0 Å². The number of likely N-dealkylation sites (N-methyl/N-ethyl adjacent to an activating group) is 1. The van der Waals surface area contributed by atoms with Crippen LogP contribution in [-0.2, 0) is 22.6 Å². The van der Waals surface area contributed by atoms with Crippen molar-refractivity contribution >= 4 is 5.91 Å². The van der Waals surface area contributed by atoms with E-state index in [0.717, 1.165) is 31.9 Å². The maximum Gasteiger partial charge on any atom is 0.229 e. The molecule has 20 heavy (non-hydrogen) atoms. The van der Waals surface area contributed by atoms with E-state index in [9.17, 15) is 4.79 Å². The lowest BCUT2D eigenvalue weighted by Gasteiger charge is -2.28. The molecule has 6 heteroatoms. The molecular weight excluding hydrogens is 256 g/mol. The number of rotatable bonds is 3. The number of aromatic nitrogens is 2. The second-order valence-electron chi connectivity index (χ2n) is 5.69. The Balaban J connectivity index is 1.73. The monoisotopic (exact) mass is 278 g/mol. The highest BCUT2D eigenvalue weighted by Crippen LogP contribution is 2.20. The smallest absolute Gasteiger partial charge is 0.229 e. The number of fused-ring (bicyclic) bond motifs is 3. The van der Waals surface area contributed by atoms with Crippen molar-refractivity contribution < 1.29 is 9.53 Å². The minimum absolute atomic E-state index is 0.0410. The third kappa shape index (κ3) is 2.58. The summed E-state index contributed by atoms with van der Waals surface area (Å²) in [5.41, 5.74) is 1.07. The number of ether oxygens (including phenoxy) is 1. The molecule has 0 unspecified atom stereocenters. The van der Waals surface area contributed by atoms with Crippen LogP contribution >= 0.6 is 0 Å². The fourth-order valence-corrected chi connectivity index (χ4v) is 3.01. The summed E-state index contributed by atoms with van der Waals surface area (Å²) in [6.45, 7) is 6.58. The molecule has 2 fully saturated rings. The highest BCUT2D eigenvalue weighted by molar-refractivity contribution is 5.79. The number of hydrogen-bond acceptors (Lipinski definition) is 4. The van der Waals surface area contributed by atoms with E-state index in [4.69, 9.17) is 4.74 Å². The fraction of sp³-hybridized carbons (Fsp3) is 0.714. The van der Waals surface area contributed by atoms with Gasteiger partial charge >= 0.3 is 0 Å². The molecular formula is C14H22N4O2. The maximum absolute atomic E-state index is 12.3. The first-order valence-electron chi connectivity index (χ1n) is 7.26. The highest BCUT2D eigenvalue weighted by atomic mass is 16.5. The fourth-order valence-electron chi connectivity index (χ4n) is 3.01. The molecule has 2 bridgehead atoms. The van der Waals surface area contributed by atoms with Crippen molar-refractivity contribution in [3.8, 4) is 0 Å². The summed E-state index contributed by atoms with van der Waals surface area (Å²) in [6, 6.07) is 2.22. The van der Waals surface area contributed by atoms with Gasteiger partial charge in [-0.3, -0.25) is 14.4 Å². The molecule has 1 aromatic heterocycles. The molecule has 3 heterocycles. The molecule has 0 N–H and O–H groups in total. The van der Waals surface area contributed by atoms with Gasteiger partial charge in [0.05, 0.1) is 30.9 Å². The molecule has 1 aromatic rings. The Morgan fingerprint density at radius 1 is 1.40 bits per heavy atom. The molecule has 0 spiro atoms. The normalized spacial score (nSPS) is 27.7. The van der Waals surface area contributed by atoms with Crippen molar-refractivity contribution in [3.05, 3.63) is 18.0 Å². The Morgan fingerprint density at radius 3 is 3.00 bits per heavy atom. The predicted molar refractivity (Wildman–Crippen MR) is 74.0 cm³/mol. The van der Waals surface area contributed by atoms with E-state index < -0.39 is 0 Å². The Kier molecular flexibility index (Phi) is 3.76. The zero-order chi connectivity index (χ0) is 14.1. The lowest BCUT2D eigenvalue weighted by atomic mass is 10.1. The van der Waals surface area contributed by atoms with E-state index in [1.54, 1.807) is 0 Å². The summed E-state index contributed by atoms with van der Waals surface area (Å²) in [6.07, 6.45) is 2.01. The van der Waals surface area contributed by atoms with Crippen LogP contribution in [0.1, 0.15) is 12.6 Å². The molecule has 2 saturated heterocycles. The molecule has 0 radical (unpaired) electrons. The molecule has 6 nitrogen and oxygen atoms in total. The number of hydrogen-bond donors (Lipinski definition) is 0. The van der Waals surface area contributed by atoms with Gasteiger partial charge < -0.3 is 9.64 Å². The second-order valence-corrected chi connectivity index (χ2v) is 5.69. The van der Waals surface area contributed by atoms with Crippen LogP contribution in [0.3, 0.4) is 0 Å². The van der Waals surface area contributed by atoms with Crippen molar-refractivity contribution in [3.63, 3.8) is 0 Å². The van der Waals surface area contributed by atoms with E-state index in [2.05, 4.69) is 23.0 Å². The summed E-state index contributed by atoms with van der Waals surface area (Å²) < 4.78 is 7.55. The van der Waals surface area contributed by atoms with Crippen LogP contribution in [-0.4, -0.2) is 64.9 Å². The van der Waals surface area contributed by atoms with Gasteiger partial charge in [-0.05, 0) is 13.0 Å². The second kappa shape index (κ2) is 5.54. The van der Waals surface area contributed by atoms with Crippen LogP contribution in [0.5, 0.6) is 0 Å². The van der Waals surface area contributed by atoms with Crippen LogP contribution in [0, 0.1) is 5.92 Å². The minimum Gasteiger partial charge on any atom is -0.378 e. The molecule has 2 aliphatic rings. The van der Waals surface area contributed by atoms with E-state index in [-0.39, 0.29) is 17.9 Å². The summed E-state index contributed by atoms with van der Waals surface area (Å²) >= 11 is 0. The number of amides is 1. The maximum atomic E-state index is 12.3. The van der Waals surface area contributed by atoms with Gasteiger partial charge in [0, 0.05) is 39.4 Å². The first kappa shape index (κ1) is 13.6. The topological polar surface area (TPSA) is 50.6 Å². The Hall–Kier alpha value is -1.40. The quantitative estimate of drug-likeness (QED) is 0.792. The number of carbonyl (C=O) groups is 1. The average Bonchev–Trinajstić information content (AvgIpc) is 2.79. The molecule has 0 aromatic carbocycles. The van der Waals surface area contributed by atoms with Gasteiger partial charge in [0.1, 0.15) is 0 Å². The lowest BCUT2D eigenvalue weighted by Crippen LogP contribution is -2.42. The third-order valence-corrected chi connectivity index (χ3v) is 4.23. The molecule has 110 valence electrons. The summed E-state index contributed by atoms with van der Waals surface area (Å²) in [5.74, 6) is 0.176. The van der Waals surface area contributed by atoms with E-state index in [0.29, 0.717) is 13.2 Å². The van der Waals surface area contributed by atoms with E-state index in [1.807, 2.05) is 22.8 Å². The van der Waals surface area contributed by atoms with Gasteiger partial charge in [-0.15, -0.1) is 0 Å². The van der Waals surface area contributed by atoms with E-state index in [1.165, 1.54) is 0 Å². The van der Waals surface area contributed by atoms with Crippen molar-refractivity contribution in [2.75, 3.05) is 33.4 Å². The molecule has 3 rings (SSSR count). The standard InChI is InChI=1S/C14H22N4O2/c1-3-18-5-4-12(15-18)7-17-6-11-9-20-10-13(8-17)16(2)14(11)19/h4-5,11,13H,3,6-10H2,1-2H3/t11-,13+/m1/s1. The predicted octanol–water partition coefficient (Wildman–Crippen LogP) is 0.192. The zero-order valence-corrected chi connectivity index (χ0v) is 12.2. The minimum atomic E-state index is -0.0410. The Labute approximate surface area is 119 Å². The number of nitrogens with zero attached hydrogens (tertiary/aromatic N) is 4. The summed E-state index contributed by atoms with van der Waals surface area (Å²) in [5, 5.41) is 4.53. The van der Waals surface area contributed by atoms with Crippen LogP contribution in [0.15, 0.2) is 12.3 Å². The Morgan fingerprint density at radius 2 is 2.25 bits per heavy atom. The van der Waals surface area contributed by atoms with Crippen molar-refractivity contribution in [1.29, 1.82) is 0 Å². The zero-order valence-electron chi connectivity index (χ0n) is 12.2. The first-order valence-corrected chi connectivity index (χ1v) is 7.26. The number of carbonyl (C=O) groups excluding carboxylic acids is 1. The lowest BCUT2D eigenvalue weighted by molar-refractivity contribution is -0.133. The Bertz CT molecular complexity index is 487. The van der Waals surface area contributed by atoms with E-state index >= 15 is 0 Å². The largest absolute Gasteiger partial charge is 0.378 e. The van der Waals surface area contributed by atoms with Crippen LogP contribution in [0.2, 0.25) is 0 Å². The van der Waals surface area contributed by atoms with Gasteiger partial charge in [-0.1, -0.05) is 0 Å². The third-order valence-electron chi connectivity index (χ3n) is 4.23. The first-order chi connectivity index (χ1) is 9.67. The van der Waals surface area contributed by atoms with Gasteiger partial charge in [0.25, 0.3) is 0 Å². The van der Waals surface area contributed by atoms with Crippen LogP contribution in [0.4, 0.5) is 0 Å². The molecule has 0 saturated carbocycles. The molecule has 2 atom stereocenters.